The molecular weight excluding hydrogens is 342 g/mol. The van der Waals surface area contributed by atoms with Crippen molar-refractivity contribution >= 4 is 5.91 Å². The molecule has 1 unspecified atom stereocenters. The Labute approximate surface area is 161 Å². The number of benzene rings is 1. The lowest BCUT2D eigenvalue weighted by Gasteiger charge is -2.28. The molecule has 0 saturated heterocycles. The molecule has 6 nitrogen and oxygen atoms in total. The fraction of sp³-hybridized carbons (Fsp3) is 0.619. The zero-order valence-electron chi connectivity index (χ0n) is 16.6. The minimum absolute atomic E-state index is 0.0413. The van der Waals surface area contributed by atoms with E-state index in [4.69, 9.17) is 9.47 Å². The van der Waals surface area contributed by atoms with Crippen molar-refractivity contribution in [3.63, 3.8) is 0 Å². The lowest BCUT2D eigenvalue weighted by molar-refractivity contribution is -0.908. The minimum Gasteiger partial charge on any atom is -0.490 e. The molecule has 27 heavy (non-hydrogen) atoms. The van der Waals surface area contributed by atoms with Crippen molar-refractivity contribution in [3.05, 3.63) is 23.3 Å². The van der Waals surface area contributed by atoms with Crippen molar-refractivity contribution in [3.8, 4) is 17.6 Å². The fourth-order valence-corrected chi connectivity index (χ4v) is 3.84. The van der Waals surface area contributed by atoms with Gasteiger partial charge in [0.1, 0.15) is 12.1 Å². The van der Waals surface area contributed by atoms with Gasteiger partial charge < -0.3 is 19.7 Å². The summed E-state index contributed by atoms with van der Waals surface area (Å²) in [5.41, 5.74) is 1.76. The number of nitrogens with one attached hydrogen (secondary N) is 2. The van der Waals surface area contributed by atoms with Gasteiger partial charge in [-0.3, -0.25) is 4.79 Å². The van der Waals surface area contributed by atoms with E-state index in [2.05, 4.69) is 23.5 Å². The molecule has 1 fully saturated rings. The first-order chi connectivity index (χ1) is 13.0. The van der Waals surface area contributed by atoms with E-state index in [-0.39, 0.29) is 5.91 Å². The zero-order chi connectivity index (χ0) is 19.4. The largest absolute Gasteiger partial charge is 0.490 e. The van der Waals surface area contributed by atoms with Crippen LogP contribution in [0.3, 0.4) is 0 Å². The van der Waals surface area contributed by atoms with Crippen LogP contribution < -0.4 is 19.7 Å². The number of carbonyl (C=O) groups excluding carboxylic acids is 1. The number of fused-ring (bicyclic) bond motifs is 1. The van der Waals surface area contributed by atoms with Crippen LogP contribution in [0, 0.1) is 17.2 Å². The second kappa shape index (κ2) is 8.18. The molecular formula is C21H30N3O3+. The SMILES string of the molecule is CCOc1cc2c(cc1OCC)C[NH+](CC(=O)N[C@](C)(C#N)C1CC1)CC2. The number of hydrogen-bond acceptors (Lipinski definition) is 4. The Bertz CT molecular complexity index is 739. The maximum Gasteiger partial charge on any atom is 0.276 e. The molecule has 1 amide bonds. The summed E-state index contributed by atoms with van der Waals surface area (Å²) in [5.74, 6) is 1.83. The summed E-state index contributed by atoms with van der Waals surface area (Å²) in [6.45, 7) is 9.03. The van der Waals surface area contributed by atoms with Crippen LogP contribution >= 0.6 is 0 Å². The van der Waals surface area contributed by atoms with Crippen molar-refractivity contribution < 1.29 is 19.2 Å². The topological polar surface area (TPSA) is 75.8 Å². The summed E-state index contributed by atoms with van der Waals surface area (Å²) >= 11 is 0. The Morgan fingerprint density at radius 1 is 1.26 bits per heavy atom. The highest BCUT2D eigenvalue weighted by molar-refractivity contribution is 5.78. The number of ether oxygens (including phenoxy) is 2. The molecule has 146 valence electrons. The summed E-state index contributed by atoms with van der Waals surface area (Å²) in [6.07, 6.45) is 2.95. The third-order valence-corrected chi connectivity index (χ3v) is 5.49. The molecule has 6 heteroatoms. The highest BCUT2D eigenvalue weighted by Crippen LogP contribution is 2.39. The van der Waals surface area contributed by atoms with Gasteiger partial charge in [0.25, 0.3) is 5.91 Å². The van der Waals surface area contributed by atoms with Gasteiger partial charge in [0.15, 0.2) is 18.0 Å². The summed E-state index contributed by atoms with van der Waals surface area (Å²) in [5, 5.41) is 12.4. The third-order valence-electron chi connectivity index (χ3n) is 5.49. The fourth-order valence-electron chi connectivity index (χ4n) is 3.84. The average Bonchev–Trinajstić information content (AvgIpc) is 3.48. The van der Waals surface area contributed by atoms with Crippen molar-refractivity contribution in [2.75, 3.05) is 26.3 Å². The maximum absolute atomic E-state index is 12.5. The van der Waals surface area contributed by atoms with Crippen molar-refractivity contribution in [2.24, 2.45) is 5.92 Å². The van der Waals surface area contributed by atoms with Crippen LogP contribution in [-0.2, 0) is 17.8 Å². The predicted molar refractivity (Wildman–Crippen MR) is 102 cm³/mol. The molecule has 2 N–H and O–H groups in total. The van der Waals surface area contributed by atoms with E-state index < -0.39 is 5.54 Å². The first-order valence-corrected chi connectivity index (χ1v) is 9.96. The van der Waals surface area contributed by atoms with Crippen LogP contribution in [-0.4, -0.2) is 37.7 Å². The molecule has 0 bridgehead atoms. The molecule has 2 aliphatic rings. The highest BCUT2D eigenvalue weighted by Gasteiger charge is 2.43. The van der Waals surface area contributed by atoms with Crippen molar-refractivity contribution in [2.45, 2.75) is 52.1 Å². The van der Waals surface area contributed by atoms with Gasteiger partial charge in [-0.25, -0.2) is 0 Å². The Morgan fingerprint density at radius 3 is 2.44 bits per heavy atom. The molecule has 1 aliphatic heterocycles. The second-order valence-electron chi connectivity index (χ2n) is 7.67. The van der Waals surface area contributed by atoms with Gasteiger partial charge in [-0.15, -0.1) is 0 Å². The molecule has 1 aliphatic carbocycles. The normalized spacial score (nSPS) is 20.7. The quantitative estimate of drug-likeness (QED) is 0.720. The number of carbonyl (C=O) groups is 1. The molecule has 1 aromatic carbocycles. The van der Waals surface area contributed by atoms with Crippen LogP contribution in [0.4, 0.5) is 0 Å². The van der Waals surface area contributed by atoms with Gasteiger partial charge in [0.2, 0.25) is 0 Å². The highest BCUT2D eigenvalue weighted by atomic mass is 16.5. The van der Waals surface area contributed by atoms with Gasteiger partial charge in [-0.05, 0) is 57.2 Å². The smallest absolute Gasteiger partial charge is 0.276 e. The van der Waals surface area contributed by atoms with Crippen molar-refractivity contribution in [1.29, 1.82) is 5.26 Å². The van der Waals surface area contributed by atoms with Gasteiger partial charge in [-0.1, -0.05) is 0 Å². The number of amides is 1. The van der Waals surface area contributed by atoms with Crippen LogP contribution in [0.5, 0.6) is 11.5 Å². The molecule has 0 spiro atoms. The van der Waals surface area contributed by atoms with E-state index >= 15 is 0 Å². The van der Waals surface area contributed by atoms with E-state index in [1.54, 1.807) is 0 Å². The summed E-state index contributed by atoms with van der Waals surface area (Å²) < 4.78 is 11.5. The second-order valence-corrected chi connectivity index (χ2v) is 7.67. The molecule has 2 atom stereocenters. The van der Waals surface area contributed by atoms with E-state index in [1.807, 2.05) is 20.8 Å². The number of nitriles is 1. The monoisotopic (exact) mass is 372 g/mol. The standard InChI is InChI=1S/C21H29N3O3/c1-4-26-18-10-15-8-9-24(12-16(15)11-19(18)27-5-2)13-20(25)23-21(3,14-22)17-6-7-17/h10-11,17H,4-9,12-13H2,1-3H3,(H,23,25)/p+1/t21-/m1/s1. The van der Waals surface area contributed by atoms with Crippen LogP contribution in [0.25, 0.3) is 0 Å². The molecule has 1 heterocycles. The molecule has 3 rings (SSSR count). The Kier molecular flexibility index (Phi) is 5.91. The van der Waals surface area contributed by atoms with Gasteiger partial charge in [0.05, 0.1) is 25.8 Å². The van der Waals surface area contributed by atoms with Crippen LogP contribution in [0.2, 0.25) is 0 Å². The third kappa shape index (κ3) is 4.54. The first kappa shape index (κ1) is 19.5. The Balaban J connectivity index is 1.66. The zero-order valence-corrected chi connectivity index (χ0v) is 16.6. The summed E-state index contributed by atoms with van der Waals surface area (Å²) in [4.78, 5) is 13.7. The maximum atomic E-state index is 12.5. The van der Waals surface area contributed by atoms with Gasteiger partial charge in [0, 0.05) is 12.0 Å². The van der Waals surface area contributed by atoms with Crippen LogP contribution in [0.1, 0.15) is 44.7 Å². The lowest BCUT2D eigenvalue weighted by atomic mass is 9.97. The lowest BCUT2D eigenvalue weighted by Crippen LogP contribution is -3.13. The van der Waals surface area contributed by atoms with E-state index in [1.165, 1.54) is 16.0 Å². The molecule has 0 aromatic heterocycles. The summed E-state index contributed by atoms with van der Waals surface area (Å²) in [6, 6.07) is 6.44. The number of rotatable bonds is 8. The Hall–Kier alpha value is -2.26. The van der Waals surface area contributed by atoms with Gasteiger partial charge >= 0.3 is 0 Å². The van der Waals surface area contributed by atoms with E-state index in [0.717, 1.165) is 43.9 Å². The van der Waals surface area contributed by atoms with E-state index in [9.17, 15) is 10.1 Å². The average molecular weight is 372 g/mol. The number of quaternary nitrogens is 1. The van der Waals surface area contributed by atoms with Crippen LogP contribution in [0.15, 0.2) is 12.1 Å². The predicted octanol–water partition coefficient (Wildman–Crippen LogP) is 1.23. The summed E-state index contributed by atoms with van der Waals surface area (Å²) in [7, 11) is 0. The molecule has 1 aromatic rings. The first-order valence-electron chi connectivity index (χ1n) is 9.96. The minimum atomic E-state index is -0.723. The van der Waals surface area contributed by atoms with Gasteiger partial charge in [-0.2, -0.15) is 5.26 Å². The van der Waals surface area contributed by atoms with E-state index in [0.29, 0.717) is 25.7 Å². The molecule has 1 saturated carbocycles. The number of hydrogen-bond donors (Lipinski definition) is 2. The van der Waals surface area contributed by atoms with Crippen molar-refractivity contribution in [1.82, 2.24) is 5.32 Å². The Morgan fingerprint density at radius 2 is 1.89 bits per heavy atom. The molecule has 0 radical (unpaired) electrons. The number of nitrogens with zero attached hydrogens (tertiary/aromatic N) is 1.